The monoisotopic (exact) mass is 243 g/mol. The first kappa shape index (κ1) is 13.6. The third kappa shape index (κ3) is 4.11. The highest BCUT2D eigenvalue weighted by molar-refractivity contribution is 5.94. The normalized spacial score (nSPS) is 14.2. The number of nitrogens with one attached hydrogen (secondary N) is 1. The third-order valence-corrected chi connectivity index (χ3v) is 2.25. The van der Waals surface area contributed by atoms with Crippen molar-refractivity contribution in [1.29, 1.82) is 0 Å². The van der Waals surface area contributed by atoms with E-state index >= 15 is 0 Å². The summed E-state index contributed by atoms with van der Waals surface area (Å²) in [5, 5.41) is 11.7. The summed E-state index contributed by atoms with van der Waals surface area (Å²) in [7, 11) is 0. The molecule has 0 aliphatic rings. The molecule has 5 heteroatoms. The van der Waals surface area contributed by atoms with Crippen molar-refractivity contribution in [1.82, 2.24) is 5.32 Å². The van der Waals surface area contributed by atoms with Crippen LogP contribution >= 0.6 is 0 Å². The molecule has 0 radical (unpaired) electrons. The van der Waals surface area contributed by atoms with Gasteiger partial charge in [-0.2, -0.15) is 0 Å². The summed E-state index contributed by atoms with van der Waals surface area (Å²) in [6.45, 7) is 3.34. The fraction of sp³-hybridized carbons (Fsp3) is 0.417. The molecule has 0 aliphatic heterocycles. The van der Waals surface area contributed by atoms with Crippen LogP contribution in [0.2, 0.25) is 0 Å². The maximum absolute atomic E-state index is 12.9. The molecule has 0 saturated carbocycles. The Kier molecular flexibility index (Phi) is 4.57. The molecule has 2 unspecified atom stereocenters. The Hall–Kier alpha value is -1.49. The molecule has 1 aromatic carbocycles. The molecule has 3 nitrogen and oxygen atoms in total. The molecular weight excluding hydrogens is 228 g/mol. The minimum atomic E-state index is -1.05. The van der Waals surface area contributed by atoms with Crippen LogP contribution in [0, 0.1) is 11.6 Å². The Balaban J connectivity index is 2.66. The summed E-state index contributed by atoms with van der Waals surface area (Å²) < 4.78 is 25.5. The smallest absolute Gasteiger partial charge is 0.251 e. The lowest BCUT2D eigenvalue weighted by atomic mass is 10.1. The first-order chi connectivity index (χ1) is 7.90. The summed E-state index contributed by atoms with van der Waals surface area (Å²) >= 11 is 0. The molecule has 17 heavy (non-hydrogen) atoms. The molecule has 0 heterocycles. The SMILES string of the molecule is CC(O)CC(C)NC(=O)c1ccc(F)c(F)c1. The Morgan fingerprint density at radius 2 is 2.00 bits per heavy atom. The van der Waals surface area contributed by atoms with Gasteiger partial charge in [-0.25, -0.2) is 8.78 Å². The predicted molar refractivity (Wildman–Crippen MR) is 59.6 cm³/mol. The first-order valence-electron chi connectivity index (χ1n) is 5.34. The zero-order valence-electron chi connectivity index (χ0n) is 9.71. The van der Waals surface area contributed by atoms with Gasteiger partial charge in [-0.3, -0.25) is 4.79 Å². The van der Waals surface area contributed by atoms with Crippen molar-refractivity contribution in [2.45, 2.75) is 32.4 Å². The van der Waals surface area contributed by atoms with Crippen molar-refractivity contribution < 1.29 is 18.7 Å². The number of carbonyl (C=O) groups excluding carboxylic acids is 1. The maximum atomic E-state index is 12.9. The van der Waals surface area contributed by atoms with E-state index in [9.17, 15) is 13.6 Å². The summed E-state index contributed by atoms with van der Waals surface area (Å²) in [6, 6.07) is 2.72. The van der Waals surface area contributed by atoms with E-state index in [4.69, 9.17) is 5.11 Å². The fourth-order valence-electron chi connectivity index (χ4n) is 1.52. The van der Waals surface area contributed by atoms with Gasteiger partial charge in [-0.1, -0.05) is 0 Å². The standard InChI is InChI=1S/C12H15F2NO2/c1-7(5-8(2)16)15-12(17)9-3-4-10(13)11(14)6-9/h3-4,6-8,16H,5H2,1-2H3,(H,15,17). The van der Waals surface area contributed by atoms with Gasteiger partial charge in [0.15, 0.2) is 11.6 Å². The highest BCUT2D eigenvalue weighted by atomic mass is 19.2. The fourth-order valence-corrected chi connectivity index (χ4v) is 1.52. The summed E-state index contributed by atoms with van der Waals surface area (Å²) in [5.74, 6) is -2.53. The van der Waals surface area contributed by atoms with Crippen molar-refractivity contribution >= 4 is 5.91 Å². The van der Waals surface area contributed by atoms with Crippen LogP contribution in [-0.2, 0) is 0 Å². The highest BCUT2D eigenvalue weighted by Gasteiger charge is 2.13. The molecule has 0 saturated heterocycles. The van der Waals surface area contributed by atoms with Gasteiger partial charge in [0.25, 0.3) is 5.91 Å². The quantitative estimate of drug-likeness (QED) is 0.848. The van der Waals surface area contributed by atoms with Crippen molar-refractivity contribution in [3.8, 4) is 0 Å². The van der Waals surface area contributed by atoms with E-state index < -0.39 is 23.6 Å². The predicted octanol–water partition coefficient (Wildman–Crippen LogP) is 1.85. The van der Waals surface area contributed by atoms with E-state index in [-0.39, 0.29) is 11.6 Å². The Morgan fingerprint density at radius 3 is 2.53 bits per heavy atom. The summed E-state index contributed by atoms with van der Waals surface area (Å²) in [4.78, 5) is 11.6. The van der Waals surface area contributed by atoms with E-state index in [2.05, 4.69) is 5.32 Å². The zero-order valence-corrected chi connectivity index (χ0v) is 9.71. The molecule has 0 spiro atoms. The molecule has 1 amide bonds. The zero-order chi connectivity index (χ0) is 13.0. The average molecular weight is 243 g/mol. The van der Waals surface area contributed by atoms with Crippen LogP contribution in [0.15, 0.2) is 18.2 Å². The van der Waals surface area contributed by atoms with Crippen molar-refractivity contribution in [3.05, 3.63) is 35.4 Å². The van der Waals surface area contributed by atoms with E-state index in [1.54, 1.807) is 13.8 Å². The first-order valence-corrected chi connectivity index (χ1v) is 5.34. The summed E-state index contributed by atoms with van der Waals surface area (Å²) in [5.41, 5.74) is 0.0568. The lowest BCUT2D eigenvalue weighted by Gasteiger charge is -2.15. The third-order valence-electron chi connectivity index (χ3n) is 2.25. The van der Waals surface area contributed by atoms with Gasteiger partial charge in [-0.15, -0.1) is 0 Å². The molecule has 2 N–H and O–H groups in total. The van der Waals surface area contributed by atoms with Crippen molar-refractivity contribution in [3.63, 3.8) is 0 Å². The van der Waals surface area contributed by atoms with Crippen LogP contribution < -0.4 is 5.32 Å². The number of amides is 1. The van der Waals surface area contributed by atoms with Crippen molar-refractivity contribution in [2.75, 3.05) is 0 Å². The second-order valence-corrected chi connectivity index (χ2v) is 4.09. The number of aliphatic hydroxyl groups is 1. The number of rotatable bonds is 4. The van der Waals surface area contributed by atoms with E-state index in [1.807, 2.05) is 0 Å². The van der Waals surface area contributed by atoms with Crippen LogP contribution in [0.1, 0.15) is 30.6 Å². The lowest BCUT2D eigenvalue weighted by Crippen LogP contribution is -2.34. The molecule has 0 aromatic heterocycles. The largest absolute Gasteiger partial charge is 0.393 e. The topological polar surface area (TPSA) is 49.3 Å². The molecular formula is C12H15F2NO2. The Labute approximate surface area is 98.5 Å². The molecule has 0 aliphatic carbocycles. The van der Waals surface area contributed by atoms with Gasteiger partial charge in [-0.05, 0) is 38.5 Å². The highest BCUT2D eigenvalue weighted by Crippen LogP contribution is 2.09. The van der Waals surface area contributed by atoms with Crippen molar-refractivity contribution in [2.24, 2.45) is 0 Å². The summed E-state index contributed by atoms with van der Waals surface area (Å²) in [6.07, 6.45) is -0.134. The number of hydrogen-bond acceptors (Lipinski definition) is 2. The average Bonchev–Trinajstić information content (AvgIpc) is 2.20. The minimum Gasteiger partial charge on any atom is -0.393 e. The van der Waals surface area contributed by atoms with Gasteiger partial charge in [0, 0.05) is 11.6 Å². The molecule has 1 rings (SSSR count). The second-order valence-electron chi connectivity index (χ2n) is 4.09. The van der Waals surface area contributed by atoms with Crippen LogP contribution in [0.5, 0.6) is 0 Å². The van der Waals surface area contributed by atoms with Gasteiger partial charge in [0.2, 0.25) is 0 Å². The molecule has 1 aromatic rings. The van der Waals surface area contributed by atoms with Crippen LogP contribution in [0.4, 0.5) is 8.78 Å². The number of aliphatic hydroxyl groups excluding tert-OH is 1. The van der Waals surface area contributed by atoms with Crippen LogP contribution in [0.3, 0.4) is 0 Å². The minimum absolute atomic E-state index is 0.0568. The van der Waals surface area contributed by atoms with Gasteiger partial charge in [0.05, 0.1) is 6.10 Å². The molecule has 2 atom stereocenters. The number of halogens is 2. The molecule has 94 valence electrons. The Morgan fingerprint density at radius 1 is 1.35 bits per heavy atom. The van der Waals surface area contributed by atoms with E-state index in [0.29, 0.717) is 6.42 Å². The lowest BCUT2D eigenvalue weighted by molar-refractivity contribution is 0.0922. The number of benzene rings is 1. The van der Waals surface area contributed by atoms with Gasteiger partial charge < -0.3 is 10.4 Å². The number of carbonyl (C=O) groups is 1. The van der Waals surface area contributed by atoms with E-state index in [0.717, 1.165) is 12.1 Å². The molecule has 0 bridgehead atoms. The van der Waals surface area contributed by atoms with E-state index in [1.165, 1.54) is 6.07 Å². The van der Waals surface area contributed by atoms with Gasteiger partial charge in [0.1, 0.15) is 0 Å². The van der Waals surface area contributed by atoms with Crippen LogP contribution in [0.25, 0.3) is 0 Å². The molecule has 0 fully saturated rings. The van der Waals surface area contributed by atoms with Crippen LogP contribution in [-0.4, -0.2) is 23.2 Å². The maximum Gasteiger partial charge on any atom is 0.251 e. The Bertz CT molecular complexity index is 407. The number of hydrogen-bond donors (Lipinski definition) is 2. The van der Waals surface area contributed by atoms with Gasteiger partial charge >= 0.3 is 0 Å². The second kappa shape index (κ2) is 5.72.